The van der Waals surface area contributed by atoms with E-state index in [0.29, 0.717) is 17.3 Å². The molecule has 0 aliphatic carbocycles. The lowest BCUT2D eigenvalue weighted by Crippen LogP contribution is -2.36. The quantitative estimate of drug-likeness (QED) is 0.550. The molecule has 1 saturated heterocycles. The maximum absolute atomic E-state index is 12.6. The van der Waals surface area contributed by atoms with Gasteiger partial charge in [-0.15, -0.1) is 11.3 Å². The zero-order valence-electron chi connectivity index (χ0n) is 15.2. The first-order chi connectivity index (χ1) is 13.7. The number of amides is 1. The molecule has 144 valence electrons. The predicted molar refractivity (Wildman–Crippen MR) is 110 cm³/mol. The van der Waals surface area contributed by atoms with Crippen LogP contribution in [0, 0.1) is 6.92 Å². The number of carbonyl (C=O) groups is 1. The highest BCUT2D eigenvalue weighted by molar-refractivity contribution is 7.29. The fraction of sp³-hybridized carbons (Fsp3) is 0.316. The van der Waals surface area contributed by atoms with Gasteiger partial charge in [-0.3, -0.25) is 4.79 Å². The number of benzene rings is 1. The number of nitrogens with zero attached hydrogens (tertiary/aromatic N) is 3. The summed E-state index contributed by atoms with van der Waals surface area (Å²) in [6.45, 7) is 5.47. The molecule has 1 aliphatic rings. The van der Waals surface area contributed by atoms with Crippen molar-refractivity contribution >= 4 is 54.3 Å². The minimum absolute atomic E-state index is 0.0837. The van der Waals surface area contributed by atoms with Gasteiger partial charge in [0.25, 0.3) is 5.91 Å². The van der Waals surface area contributed by atoms with Gasteiger partial charge in [-0.25, -0.2) is 9.97 Å². The van der Waals surface area contributed by atoms with E-state index in [1.165, 1.54) is 11.3 Å². The molecular weight excluding hydrogens is 396 g/mol. The molecule has 1 fully saturated rings. The van der Waals surface area contributed by atoms with Gasteiger partial charge in [-0.2, -0.15) is 0 Å². The molecule has 7 nitrogen and oxygen atoms in total. The number of oxazole rings is 1. The van der Waals surface area contributed by atoms with Gasteiger partial charge in [0.2, 0.25) is 0 Å². The van der Waals surface area contributed by atoms with Gasteiger partial charge in [-0.1, -0.05) is 17.4 Å². The van der Waals surface area contributed by atoms with Crippen LogP contribution in [0.2, 0.25) is 0 Å². The van der Waals surface area contributed by atoms with Crippen LogP contribution in [0.25, 0.3) is 20.6 Å². The molecule has 5 rings (SSSR count). The topological polar surface area (TPSA) is 80.5 Å². The van der Waals surface area contributed by atoms with Gasteiger partial charge >= 0.3 is 0 Å². The van der Waals surface area contributed by atoms with E-state index >= 15 is 0 Å². The van der Waals surface area contributed by atoms with E-state index in [-0.39, 0.29) is 5.91 Å². The lowest BCUT2D eigenvalue weighted by Gasteiger charge is -2.25. The molecule has 0 atom stereocenters. The molecule has 1 aromatic carbocycles. The molecule has 0 bridgehead atoms. The second kappa shape index (κ2) is 7.16. The molecule has 1 amide bonds. The second-order valence-corrected chi connectivity index (χ2v) is 8.63. The van der Waals surface area contributed by atoms with Gasteiger partial charge < -0.3 is 19.4 Å². The Morgan fingerprint density at radius 1 is 1.21 bits per heavy atom. The minimum atomic E-state index is -0.0837. The van der Waals surface area contributed by atoms with Crippen molar-refractivity contribution in [2.45, 2.75) is 13.5 Å². The van der Waals surface area contributed by atoms with E-state index in [0.717, 1.165) is 57.6 Å². The number of thiophene rings is 1. The number of fused-ring (bicyclic) bond motifs is 2. The molecule has 0 saturated carbocycles. The third kappa shape index (κ3) is 3.36. The van der Waals surface area contributed by atoms with E-state index in [1.54, 1.807) is 11.3 Å². The zero-order chi connectivity index (χ0) is 19.1. The predicted octanol–water partition coefficient (Wildman–Crippen LogP) is 3.57. The number of hydrogen-bond acceptors (Lipinski definition) is 8. The van der Waals surface area contributed by atoms with E-state index in [2.05, 4.69) is 15.2 Å². The van der Waals surface area contributed by atoms with Crippen molar-refractivity contribution in [1.29, 1.82) is 0 Å². The average Bonchev–Trinajstić information content (AvgIpc) is 3.38. The number of anilines is 1. The summed E-state index contributed by atoms with van der Waals surface area (Å²) in [4.78, 5) is 25.4. The van der Waals surface area contributed by atoms with Crippen LogP contribution in [-0.4, -0.2) is 42.2 Å². The Balaban J connectivity index is 1.27. The van der Waals surface area contributed by atoms with Crippen molar-refractivity contribution in [2.24, 2.45) is 0 Å². The highest BCUT2D eigenvalue weighted by Gasteiger charge is 2.18. The van der Waals surface area contributed by atoms with Crippen molar-refractivity contribution in [2.75, 3.05) is 31.2 Å². The largest absolute Gasteiger partial charge is 0.441 e. The Morgan fingerprint density at radius 2 is 2.07 bits per heavy atom. The lowest BCUT2D eigenvalue weighted by atomic mass is 10.2. The van der Waals surface area contributed by atoms with Crippen molar-refractivity contribution in [1.82, 2.24) is 15.3 Å². The van der Waals surface area contributed by atoms with Crippen LogP contribution < -0.4 is 10.2 Å². The van der Waals surface area contributed by atoms with Crippen molar-refractivity contribution in [3.05, 3.63) is 40.6 Å². The van der Waals surface area contributed by atoms with Crippen LogP contribution in [0.3, 0.4) is 0 Å². The third-order valence-electron chi connectivity index (χ3n) is 4.60. The summed E-state index contributed by atoms with van der Waals surface area (Å²) in [5.74, 6) is 0.554. The Morgan fingerprint density at radius 3 is 2.89 bits per heavy atom. The van der Waals surface area contributed by atoms with Crippen molar-refractivity contribution in [3.63, 3.8) is 0 Å². The molecule has 0 radical (unpaired) electrons. The highest BCUT2D eigenvalue weighted by atomic mass is 32.1. The van der Waals surface area contributed by atoms with E-state index < -0.39 is 0 Å². The molecule has 4 heterocycles. The number of rotatable bonds is 4. The number of nitrogens with one attached hydrogen (secondary N) is 1. The number of aryl methyl sites for hydroxylation is 1. The van der Waals surface area contributed by atoms with Crippen molar-refractivity contribution in [3.8, 4) is 0 Å². The summed E-state index contributed by atoms with van der Waals surface area (Å²) >= 11 is 3.06. The molecular formula is C19H18N4O3S2. The van der Waals surface area contributed by atoms with Crippen LogP contribution in [0.1, 0.15) is 21.1 Å². The summed E-state index contributed by atoms with van der Waals surface area (Å²) in [5, 5.41) is 3.99. The normalized spacial score (nSPS) is 14.8. The first-order valence-electron chi connectivity index (χ1n) is 9.03. The minimum Gasteiger partial charge on any atom is -0.441 e. The molecule has 0 spiro atoms. The number of thiazole rings is 1. The molecule has 4 aromatic rings. The van der Waals surface area contributed by atoms with Gasteiger partial charge in [0.1, 0.15) is 10.3 Å². The summed E-state index contributed by atoms with van der Waals surface area (Å²) in [6.07, 6.45) is 0. The third-order valence-corrected chi connectivity index (χ3v) is 6.82. The van der Waals surface area contributed by atoms with Crippen LogP contribution in [0.15, 0.2) is 28.7 Å². The summed E-state index contributed by atoms with van der Waals surface area (Å²) in [6, 6.07) is 7.70. The standard InChI is InChI=1S/C19H18N4O3S2/c1-11-21-13-8-12(2-3-14(13)26-11)10-20-17(24)15-9-16-18(27-15)22-19(28-16)23-4-6-25-7-5-23/h2-3,8-9H,4-7,10H2,1H3,(H,20,24). The lowest BCUT2D eigenvalue weighted by molar-refractivity contribution is 0.0955. The first kappa shape index (κ1) is 17.6. The van der Waals surface area contributed by atoms with E-state index in [1.807, 2.05) is 31.2 Å². The highest BCUT2D eigenvalue weighted by Crippen LogP contribution is 2.35. The van der Waals surface area contributed by atoms with Gasteiger partial charge in [-0.05, 0) is 23.8 Å². The van der Waals surface area contributed by atoms with Crippen LogP contribution >= 0.6 is 22.7 Å². The van der Waals surface area contributed by atoms with E-state index in [9.17, 15) is 4.79 Å². The molecule has 28 heavy (non-hydrogen) atoms. The van der Waals surface area contributed by atoms with Gasteiger partial charge in [0, 0.05) is 26.6 Å². The number of carbonyl (C=O) groups excluding carboxylic acids is 1. The van der Waals surface area contributed by atoms with Gasteiger partial charge in [0.05, 0.1) is 22.8 Å². The molecule has 1 aliphatic heterocycles. The summed E-state index contributed by atoms with van der Waals surface area (Å²) in [7, 11) is 0. The summed E-state index contributed by atoms with van der Waals surface area (Å²) in [5.41, 5.74) is 2.55. The second-order valence-electron chi connectivity index (χ2n) is 6.59. The Hall–Kier alpha value is -2.49. The number of morpholine rings is 1. The smallest absolute Gasteiger partial charge is 0.261 e. The van der Waals surface area contributed by atoms with Crippen LogP contribution in [0.4, 0.5) is 5.13 Å². The molecule has 0 unspecified atom stereocenters. The Labute approximate surface area is 168 Å². The molecule has 9 heteroatoms. The maximum Gasteiger partial charge on any atom is 0.261 e. The monoisotopic (exact) mass is 414 g/mol. The first-order valence-corrected chi connectivity index (χ1v) is 10.7. The molecule has 3 aromatic heterocycles. The van der Waals surface area contributed by atoms with Crippen LogP contribution in [0.5, 0.6) is 0 Å². The maximum atomic E-state index is 12.6. The van der Waals surface area contributed by atoms with Crippen molar-refractivity contribution < 1.29 is 13.9 Å². The Kier molecular flexibility index (Phi) is 4.50. The molecule has 1 N–H and O–H groups in total. The number of ether oxygens (including phenoxy) is 1. The average molecular weight is 415 g/mol. The number of aromatic nitrogens is 2. The summed E-state index contributed by atoms with van der Waals surface area (Å²) < 4.78 is 11.9. The fourth-order valence-corrected chi connectivity index (χ4v) is 5.37. The zero-order valence-corrected chi connectivity index (χ0v) is 16.9. The van der Waals surface area contributed by atoms with Crippen LogP contribution in [-0.2, 0) is 11.3 Å². The fourth-order valence-electron chi connectivity index (χ4n) is 3.19. The van der Waals surface area contributed by atoms with E-state index in [4.69, 9.17) is 14.1 Å². The number of hydrogen-bond donors (Lipinski definition) is 1. The SMILES string of the molecule is Cc1nc2cc(CNC(=O)c3cc4sc(N5CCOCC5)nc4s3)ccc2o1. The Bertz CT molecular complexity index is 1130. The van der Waals surface area contributed by atoms with Gasteiger partial charge in [0.15, 0.2) is 16.6 Å².